The number of benzene rings is 2. The van der Waals surface area contributed by atoms with Crippen molar-refractivity contribution in [3.8, 4) is 0 Å². The van der Waals surface area contributed by atoms with E-state index in [0.717, 1.165) is 38.4 Å². The monoisotopic (exact) mass is 373 g/mol. The fourth-order valence-corrected chi connectivity index (χ4v) is 3.17. The molecule has 138 valence electrons. The molecule has 1 atom stereocenters. The molecule has 2 aromatic rings. The van der Waals surface area contributed by atoms with Gasteiger partial charge in [-0.2, -0.15) is 0 Å². The van der Waals surface area contributed by atoms with Crippen LogP contribution >= 0.6 is 12.2 Å². The predicted octanol–water partition coefficient (Wildman–Crippen LogP) is 2.86. The highest BCUT2D eigenvalue weighted by Gasteiger charge is 2.19. The van der Waals surface area contributed by atoms with Gasteiger partial charge in [-0.1, -0.05) is 42.5 Å². The maximum Gasteiger partial charge on any atom is 0.167 e. The average Bonchev–Trinajstić information content (AvgIpc) is 2.68. The van der Waals surface area contributed by atoms with Gasteiger partial charge in [0.15, 0.2) is 5.11 Å². The summed E-state index contributed by atoms with van der Waals surface area (Å²) in [5.74, 6) is -0.232. The average molecular weight is 373 g/mol. The Kier molecular flexibility index (Phi) is 6.94. The Morgan fingerprint density at radius 2 is 1.77 bits per heavy atom. The third kappa shape index (κ3) is 5.76. The van der Waals surface area contributed by atoms with Crippen molar-refractivity contribution in [3.05, 3.63) is 71.5 Å². The topological polar surface area (TPSA) is 36.5 Å². The van der Waals surface area contributed by atoms with Crippen LogP contribution in [0, 0.1) is 5.82 Å². The van der Waals surface area contributed by atoms with Crippen LogP contribution in [0.2, 0.25) is 0 Å². The first kappa shape index (κ1) is 18.8. The van der Waals surface area contributed by atoms with Crippen LogP contribution in [-0.4, -0.2) is 42.9 Å². The highest BCUT2D eigenvalue weighted by molar-refractivity contribution is 7.80. The summed E-state index contributed by atoms with van der Waals surface area (Å²) in [7, 11) is 0. The van der Waals surface area contributed by atoms with E-state index in [1.165, 1.54) is 17.7 Å². The molecule has 2 N–H and O–H groups in total. The van der Waals surface area contributed by atoms with E-state index in [-0.39, 0.29) is 11.9 Å². The summed E-state index contributed by atoms with van der Waals surface area (Å²) in [6.45, 7) is 4.84. The van der Waals surface area contributed by atoms with Crippen molar-refractivity contribution in [2.75, 3.05) is 32.8 Å². The lowest BCUT2D eigenvalue weighted by Gasteiger charge is -2.31. The number of hydrogen-bond acceptors (Lipinski definition) is 3. The Hall–Kier alpha value is -2.02. The Morgan fingerprint density at radius 3 is 2.46 bits per heavy atom. The Morgan fingerprint density at radius 1 is 1.08 bits per heavy atom. The molecule has 2 aromatic carbocycles. The van der Waals surface area contributed by atoms with Gasteiger partial charge < -0.3 is 15.4 Å². The lowest BCUT2D eigenvalue weighted by molar-refractivity contribution is 0.0343. The standard InChI is InChI=1S/C20H24FN3OS/c21-18-8-6-16(7-9-18)14-22-20(26)23-19(17-4-2-1-3-5-17)15-24-10-12-25-13-11-24/h1-9,19H,10-15H2,(H2,22,23,26)/t19-/m0/s1. The zero-order chi connectivity index (χ0) is 18.2. The van der Waals surface area contributed by atoms with Gasteiger partial charge in [0.2, 0.25) is 0 Å². The Balaban J connectivity index is 1.58. The first-order valence-electron chi connectivity index (χ1n) is 8.84. The van der Waals surface area contributed by atoms with E-state index in [4.69, 9.17) is 17.0 Å². The van der Waals surface area contributed by atoms with Gasteiger partial charge in [0.25, 0.3) is 0 Å². The van der Waals surface area contributed by atoms with E-state index in [1.54, 1.807) is 12.1 Å². The predicted molar refractivity (Wildman–Crippen MR) is 105 cm³/mol. The van der Waals surface area contributed by atoms with E-state index in [2.05, 4.69) is 27.7 Å². The second kappa shape index (κ2) is 9.62. The van der Waals surface area contributed by atoms with Crippen LogP contribution < -0.4 is 10.6 Å². The number of rotatable bonds is 6. The van der Waals surface area contributed by atoms with E-state index in [9.17, 15) is 4.39 Å². The first-order valence-corrected chi connectivity index (χ1v) is 9.25. The molecular formula is C20H24FN3OS. The van der Waals surface area contributed by atoms with Gasteiger partial charge >= 0.3 is 0 Å². The number of ether oxygens (including phenoxy) is 1. The van der Waals surface area contributed by atoms with E-state index in [0.29, 0.717) is 11.7 Å². The summed E-state index contributed by atoms with van der Waals surface area (Å²) in [5, 5.41) is 7.23. The summed E-state index contributed by atoms with van der Waals surface area (Å²) in [6, 6.07) is 16.8. The van der Waals surface area contributed by atoms with E-state index in [1.807, 2.05) is 18.2 Å². The molecule has 4 nitrogen and oxygen atoms in total. The van der Waals surface area contributed by atoms with Crippen LogP contribution in [0.15, 0.2) is 54.6 Å². The maximum atomic E-state index is 13.0. The minimum Gasteiger partial charge on any atom is -0.379 e. The number of morpholine rings is 1. The van der Waals surface area contributed by atoms with E-state index < -0.39 is 0 Å². The summed E-state index contributed by atoms with van der Waals surface area (Å²) >= 11 is 5.48. The van der Waals surface area contributed by atoms with Crippen LogP contribution in [-0.2, 0) is 11.3 Å². The minimum atomic E-state index is -0.232. The molecule has 26 heavy (non-hydrogen) atoms. The lowest BCUT2D eigenvalue weighted by atomic mass is 10.1. The molecule has 0 aliphatic carbocycles. The van der Waals surface area contributed by atoms with Crippen molar-refractivity contribution >= 4 is 17.3 Å². The number of thiocarbonyl (C=S) groups is 1. The van der Waals surface area contributed by atoms with Crippen LogP contribution in [0.1, 0.15) is 17.2 Å². The molecule has 0 aromatic heterocycles. The third-order valence-corrected chi connectivity index (χ3v) is 4.68. The summed E-state index contributed by atoms with van der Waals surface area (Å²) in [6.07, 6.45) is 0. The zero-order valence-corrected chi connectivity index (χ0v) is 15.5. The van der Waals surface area contributed by atoms with Gasteiger partial charge in [-0.3, -0.25) is 4.90 Å². The van der Waals surface area contributed by atoms with Crippen LogP contribution in [0.25, 0.3) is 0 Å². The molecule has 0 radical (unpaired) electrons. The smallest absolute Gasteiger partial charge is 0.167 e. The molecule has 1 fully saturated rings. The van der Waals surface area contributed by atoms with Gasteiger partial charge in [0, 0.05) is 26.2 Å². The fraction of sp³-hybridized carbons (Fsp3) is 0.350. The van der Waals surface area contributed by atoms with Gasteiger partial charge in [0.05, 0.1) is 19.3 Å². The fourth-order valence-electron chi connectivity index (χ4n) is 2.96. The Bertz CT molecular complexity index is 690. The van der Waals surface area contributed by atoms with Gasteiger partial charge in [-0.15, -0.1) is 0 Å². The van der Waals surface area contributed by atoms with Gasteiger partial charge in [0.1, 0.15) is 5.82 Å². The molecule has 1 heterocycles. The molecule has 1 aliphatic heterocycles. The second-order valence-electron chi connectivity index (χ2n) is 6.33. The van der Waals surface area contributed by atoms with Crippen LogP contribution in [0.4, 0.5) is 4.39 Å². The zero-order valence-electron chi connectivity index (χ0n) is 14.7. The first-order chi connectivity index (χ1) is 12.7. The quantitative estimate of drug-likeness (QED) is 0.762. The SMILES string of the molecule is Fc1ccc(CNC(=S)N[C@@H](CN2CCOCC2)c2ccccc2)cc1. The van der Waals surface area contributed by atoms with E-state index >= 15 is 0 Å². The second-order valence-corrected chi connectivity index (χ2v) is 6.74. The molecular weight excluding hydrogens is 349 g/mol. The summed E-state index contributed by atoms with van der Waals surface area (Å²) in [4.78, 5) is 2.39. The van der Waals surface area contributed by atoms with Crippen molar-refractivity contribution in [2.45, 2.75) is 12.6 Å². The number of hydrogen-bond donors (Lipinski definition) is 2. The highest BCUT2D eigenvalue weighted by Crippen LogP contribution is 2.15. The summed E-state index contributed by atoms with van der Waals surface area (Å²) in [5.41, 5.74) is 2.19. The molecule has 0 unspecified atom stereocenters. The molecule has 3 rings (SSSR count). The van der Waals surface area contributed by atoms with Gasteiger partial charge in [-0.25, -0.2) is 4.39 Å². The largest absolute Gasteiger partial charge is 0.379 e. The van der Waals surface area contributed by atoms with Crippen LogP contribution in [0.3, 0.4) is 0 Å². The molecule has 1 saturated heterocycles. The van der Waals surface area contributed by atoms with Crippen molar-refractivity contribution < 1.29 is 9.13 Å². The van der Waals surface area contributed by atoms with Crippen molar-refractivity contribution in [1.29, 1.82) is 0 Å². The molecule has 6 heteroatoms. The Labute approximate surface area is 159 Å². The molecule has 0 saturated carbocycles. The maximum absolute atomic E-state index is 13.0. The normalized spacial score (nSPS) is 16.0. The van der Waals surface area contributed by atoms with Crippen molar-refractivity contribution in [1.82, 2.24) is 15.5 Å². The van der Waals surface area contributed by atoms with Crippen molar-refractivity contribution in [2.24, 2.45) is 0 Å². The number of nitrogens with one attached hydrogen (secondary N) is 2. The molecule has 0 bridgehead atoms. The summed E-state index contributed by atoms with van der Waals surface area (Å²) < 4.78 is 18.4. The van der Waals surface area contributed by atoms with Crippen molar-refractivity contribution in [3.63, 3.8) is 0 Å². The third-order valence-electron chi connectivity index (χ3n) is 4.42. The van der Waals surface area contributed by atoms with Crippen LogP contribution in [0.5, 0.6) is 0 Å². The number of nitrogens with zero attached hydrogens (tertiary/aromatic N) is 1. The molecule has 0 amide bonds. The lowest BCUT2D eigenvalue weighted by Crippen LogP contribution is -2.45. The van der Waals surface area contributed by atoms with Gasteiger partial charge in [-0.05, 0) is 35.5 Å². The molecule has 0 spiro atoms. The highest BCUT2D eigenvalue weighted by atomic mass is 32.1. The molecule has 1 aliphatic rings. The number of halogens is 1. The minimum absolute atomic E-state index is 0.0996.